The van der Waals surface area contributed by atoms with Crippen molar-refractivity contribution in [3.8, 4) is 0 Å². The van der Waals surface area contributed by atoms with E-state index in [1.165, 1.54) is 43.6 Å². The van der Waals surface area contributed by atoms with Crippen LogP contribution in [0.5, 0.6) is 0 Å². The van der Waals surface area contributed by atoms with E-state index in [1.54, 1.807) is 0 Å². The minimum absolute atomic E-state index is 0.547. The Hall–Kier alpha value is -0.540. The van der Waals surface area contributed by atoms with Crippen LogP contribution < -0.4 is 10.6 Å². The molecule has 1 aromatic rings. The maximum Gasteiger partial charge on any atom is 0.0377 e. The monoisotopic (exact) mass is 310 g/mol. The molecule has 1 aliphatic heterocycles. The Kier molecular flexibility index (Phi) is 4.33. The van der Waals surface area contributed by atoms with Gasteiger partial charge in [0.05, 0.1) is 0 Å². The predicted octanol–water partition coefficient (Wildman–Crippen LogP) is 3.92. The predicted molar refractivity (Wildman–Crippen MR) is 81.9 cm³/mol. The van der Waals surface area contributed by atoms with Crippen LogP contribution >= 0.6 is 15.9 Å². The first kappa shape index (κ1) is 13.9. The van der Waals surface area contributed by atoms with Gasteiger partial charge in [-0.1, -0.05) is 42.3 Å². The molecule has 3 heteroatoms. The second-order valence-electron chi connectivity index (χ2n) is 5.63. The van der Waals surface area contributed by atoms with Crippen molar-refractivity contribution in [2.75, 3.05) is 18.0 Å². The van der Waals surface area contributed by atoms with Crippen LogP contribution in [0.15, 0.2) is 22.7 Å². The van der Waals surface area contributed by atoms with Gasteiger partial charge in [-0.2, -0.15) is 0 Å². The third-order valence-electron chi connectivity index (χ3n) is 4.45. The zero-order valence-electron chi connectivity index (χ0n) is 11.4. The molecular weight excluding hydrogens is 288 g/mol. The van der Waals surface area contributed by atoms with E-state index in [0.29, 0.717) is 12.0 Å². The van der Waals surface area contributed by atoms with Crippen molar-refractivity contribution in [3.05, 3.63) is 28.2 Å². The van der Waals surface area contributed by atoms with E-state index < -0.39 is 0 Å². The fraction of sp³-hybridized carbons (Fsp3) is 0.600. The van der Waals surface area contributed by atoms with Crippen LogP contribution in [0, 0.1) is 5.41 Å². The highest BCUT2D eigenvalue weighted by atomic mass is 79.9. The average Bonchev–Trinajstić information content (AvgIpc) is 2.39. The van der Waals surface area contributed by atoms with E-state index in [-0.39, 0.29) is 0 Å². The Balaban J connectivity index is 2.08. The Labute approximate surface area is 119 Å². The van der Waals surface area contributed by atoms with Gasteiger partial charge in [0.25, 0.3) is 0 Å². The second kappa shape index (κ2) is 5.62. The number of nitrogens with zero attached hydrogens (tertiary/aromatic N) is 1. The summed E-state index contributed by atoms with van der Waals surface area (Å²) >= 11 is 3.60. The average molecular weight is 311 g/mol. The lowest BCUT2D eigenvalue weighted by Crippen LogP contribution is -2.38. The van der Waals surface area contributed by atoms with Crippen LogP contribution in [0.3, 0.4) is 0 Å². The van der Waals surface area contributed by atoms with Crippen molar-refractivity contribution in [2.45, 2.75) is 39.7 Å². The molecular formula is C15H23BrN2. The summed E-state index contributed by atoms with van der Waals surface area (Å²) in [6.07, 6.45) is 3.87. The number of hydrogen-bond acceptors (Lipinski definition) is 2. The highest BCUT2D eigenvalue weighted by Crippen LogP contribution is 2.36. The first-order chi connectivity index (χ1) is 8.58. The van der Waals surface area contributed by atoms with E-state index in [0.717, 1.165) is 4.47 Å². The number of hydrogen-bond donors (Lipinski definition) is 1. The minimum Gasteiger partial charge on any atom is -0.371 e. The molecule has 0 aromatic heterocycles. The molecule has 2 rings (SSSR count). The quantitative estimate of drug-likeness (QED) is 0.916. The standard InChI is InChI=1S/C15H23BrN2/c1-3-15(2)6-8-18(9-7-15)13-5-4-12(11-17)14(16)10-13/h4-5,10H,3,6-9,11,17H2,1-2H3. The Bertz CT molecular complexity index is 409. The van der Waals surface area contributed by atoms with Gasteiger partial charge < -0.3 is 10.6 Å². The molecule has 0 aliphatic carbocycles. The molecule has 1 heterocycles. The van der Waals surface area contributed by atoms with Gasteiger partial charge in [0.15, 0.2) is 0 Å². The molecule has 0 bridgehead atoms. The first-order valence-corrected chi connectivity index (χ1v) is 7.61. The van der Waals surface area contributed by atoms with Gasteiger partial charge in [-0.25, -0.2) is 0 Å². The van der Waals surface area contributed by atoms with Gasteiger partial charge >= 0.3 is 0 Å². The molecule has 0 atom stereocenters. The summed E-state index contributed by atoms with van der Waals surface area (Å²) in [6, 6.07) is 6.53. The van der Waals surface area contributed by atoms with Gasteiger partial charge in [0, 0.05) is 29.8 Å². The fourth-order valence-corrected chi connectivity index (χ4v) is 3.09. The highest BCUT2D eigenvalue weighted by Gasteiger charge is 2.28. The van der Waals surface area contributed by atoms with Crippen molar-refractivity contribution >= 4 is 21.6 Å². The SMILES string of the molecule is CCC1(C)CCN(c2ccc(CN)c(Br)c2)CC1. The summed E-state index contributed by atoms with van der Waals surface area (Å²) in [5.74, 6) is 0. The molecule has 0 spiro atoms. The summed E-state index contributed by atoms with van der Waals surface area (Å²) in [5.41, 5.74) is 8.73. The Morgan fingerprint density at radius 3 is 2.50 bits per heavy atom. The number of piperidine rings is 1. The Morgan fingerprint density at radius 1 is 1.33 bits per heavy atom. The molecule has 0 saturated carbocycles. The smallest absolute Gasteiger partial charge is 0.0377 e. The molecule has 2 nitrogen and oxygen atoms in total. The molecule has 1 aromatic carbocycles. The number of benzene rings is 1. The van der Waals surface area contributed by atoms with E-state index in [2.05, 4.69) is 52.9 Å². The van der Waals surface area contributed by atoms with Gasteiger partial charge in [-0.15, -0.1) is 0 Å². The fourth-order valence-electron chi connectivity index (χ4n) is 2.56. The highest BCUT2D eigenvalue weighted by molar-refractivity contribution is 9.10. The third-order valence-corrected chi connectivity index (χ3v) is 5.18. The van der Waals surface area contributed by atoms with E-state index >= 15 is 0 Å². The number of rotatable bonds is 3. The van der Waals surface area contributed by atoms with Crippen molar-refractivity contribution in [1.29, 1.82) is 0 Å². The summed E-state index contributed by atoms with van der Waals surface area (Å²) in [5, 5.41) is 0. The summed E-state index contributed by atoms with van der Waals surface area (Å²) in [4.78, 5) is 2.49. The molecule has 0 radical (unpaired) electrons. The zero-order valence-corrected chi connectivity index (χ0v) is 13.0. The minimum atomic E-state index is 0.547. The molecule has 0 unspecified atom stereocenters. The van der Waals surface area contributed by atoms with Crippen LogP contribution in [0.25, 0.3) is 0 Å². The molecule has 18 heavy (non-hydrogen) atoms. The van der Waals surface area contributed by atoms with Gasteiger partial charge in [-0.05, 0) is 36.0 Å². The lowest BCUT2D eigenvalue weighted by molar-refractivity contribution is 0.238. The molecule has 2 N–H and O–H groups in total. The van der Waals surface area contributed by atoms with Crippen LogP contribution in [0.2, 0.25) is 0 Å². The van der Waals surface area contributed by atoms with E-state index in [4.69, 9.17) is 5.73 Å². The summed E-state index contributed by atoms with van der Waals surface area (Å²) in [6.45, 7) is 7.65. The number of halogens is 1. The van der Waals surface area contributed by atoms with Gasteiger partial charge in [-0.3, -0.25) is 0 Å². The van der Waals surface area contributed by atoms with Crippen molar-refractivity contribution in [2.24, 2.45) is 11.1 Å². The van der Waals surface area contributed by atoms with Gasteiger partial charge in [0.2, 0.25) is 0 Å². The topological polar surface area (TPSA) is 29.3 Å². The van der Waals surface area contributed by atoms with E-state index in [1.807, 2.05) is 0 Å². The molecule has 1 saturated heterocycles. The lowest BCUT2D eigenvalue weighted by atomic mass is 9.78. The molecule has 100 valence electrons. The number of nitrogens with two attached hydrogens (primary N) is 1. The maximum absolute atomic E-state index is 5.69. The Morgan fingerprint density at radius 2 is 2.00 bits per heavy atom. The summed E-state index contributed by atoms with van der Waals surface area (Å²) in [7, 11) is 0. The van der Waals surface area contributed by atoms with Crippen LogP contribution in [0.1, 0.15) is 38.7 Å². The van der Waals surface area contributed by atoms with Crippen molar-refractivity contribution in [1.82, 2.24) is 0 Å². The van der Waals surface area contributed by atoms with Crippen LogP contribution in [-0.2, 0) is 6.54 Å². The first-order valence-electron chi connectivity index (χ1n) is 6.81. The number of anilines is 1. The summed E-state index contributed by atoms with van der Waals surface area (Å²) < 4.78 is 1.13. The van der Waals surface area contributed by atoms with Crippen LogP contribution in [0.4, 0.5) is 5.69 Å². The zero-order chi connectivity index (χ0) is 13.2. The van der Waals surface area contributed by atoms with Gasteiger partial charge in [0.1, 0.15) is 0 Å². The largest absolute Gasteiger partial charge is 0.371 e. The molecule has 0 amide bonds. The lowest BCUT2D eigenvalue weighted by Gasteiger charge is -2.40. The maximum atomic E-state index is 5.69. The second-order valence-corrected chi connectivity index (χ2v) is 6.49. The van der Waals surface area contributed by atoms with E-state index in [9.17, 15) is 0 Å². The van der Waals surface area contributed by atoms with Crippen molar-refractivity contribution in [3.63, 3.8) is 0 Å². The van der Waals surface area contributed by atoms with Crippen molar-refractivity contribution < 1.29 is 0 Å². The van der Waals surface area contributed by atoms with Crippen LogP contribution in [-0.4, -0.2) is 13.1 Å². The molecule has 1 fully saturated rings. The third kappa shape index (κ3) is 2.89. The normalized spacial score (nSPS) is 19.0. The molecule has 1 aliphatic rings.